The minimum Gasteiger partial charge on any atom is -0.399 e. The molecule has 2 aromatic carbocycles. The third kappa shape index (κ3) is 19.4. The summed E-state index contributed by atoms with van der Waals surface area (Å²) >= 11 is 0. The van der Waals surface area contributed by atoms with Crippen molar-refractivity contribution in [2.75, 3.05) is 100 Å². The number of nitrogens with two attached hydrogens (primary N) is 1. The quantitative estimate of drug-likeness (QED) is 0.0311. The lowest BCUT2D eigenvalue weighted by Crippen LogP contribution is -2.58. The standard InChI is InChI=1S/C46H66F2N10O3.C8H16N2O2/c1-45(2)13-19-56(20-14-45)30-36-25-40(48)42(26-39(36)47)58(23-24-59)33-46(50-3)15-21-57(22-16-46)44-27-43(54-34-55-44)53-29-37(49)28-51-17-8-6-4-5-7-9-18-52-41-12-10-11-35(31-60)38(41)32-61;1-4-5-7(10(2)3)8(12)9-6-11/h10-12,24-28,31-32,34,50-52H,4-9,13-23,29-30,33,49H2,1-3H3,(H,53,54,55);6-7H,4-5H2,1-3H3,(H,9,11,12)/b37-28-;. The molecule has 0 spiro atoms. The molecule has 1 unspecified atom stereocenters. The van der Waals surface area contributed by atoms with E-state index in [1.54, 1.807) is 17.0 Å². The molecule has 2 fully saturated rings. The van der Waals surface area contributed by atoms with Crippen LogP contribution in [-0.2, 0) is 20.9 Å². The van der Waals surface area contributed by atoms with Gasteiger partial charge >= 0.3 is 0 Å². The molecule has 73 heavy (non-hydrogen) atoms. The molecule has 1 atom stereocenters. The summed E-state index contributed by atoms with van der Waals surface area (Å²) in [5.74, 6) is 0.236. The number of hydrogen-bond donors (Lipinski definition) is 6. The van der Waals surface area contributed by atoms with E-state index in [0.29, 0.717) is 92.2 Å². The molecule has 19 heteroatoms. The SMILES string of the molecule is CCCC(C(=O)NC=O)N(C)C.CNC1(CN(CC=O)c2cc(F)c(CN3CCC(C)(C)CC3)cc2F)CCN(c2cc(NC/C(N)=C/NCCCCCCCCNc3cccc(C=O)c3C=O)ncn2)CC1. The van der Waals surface area contributed by atoms with Gasteiger partial charge < -0.3 is 41.6 Å². The number of rotatable bonds is 30. The number of nitrogens with zero attached hydrogens (tertiary/aromatic N) is 6. The summed E-state index contributed by atoms with van der Waals surface area (Å²) in [6.07, 6.45) is 17.6. The second-order valence-electron chi connectivity index (χ2n) is 20.2. The number of unbranched alkanes of at least 4 members (excludes halogenated alkanes) is 5. The Kier molecular flexibility index (Phi) is 25.2. The lowest BCUT2D eigenvalue weighted by Gasteiger charge is -2.45. The molecule has 2 aliphatic heterocycles. The highest BCUT2D eigenvalue weighted by atomic mass is 19.1. The molecule has 3 aromatic rings. The van der Waals surface area contributed by atoms with Crippen molar-refractivity contribution in [3.05, 3.63) is 82.9 Å². The first-order valence-electron chi connectivity index (χ1n) is 25.9. The Labute approximate surface area is 431 Å². The van der Waals surface area contributed by atoms with Gasteiger partial charge in [-0.3, -0.25) is 34.3 Å². The number of benzene rings is 2. The van der Waals surface area contributed by atoms with Crippen molar-refractivity contribution in [3.63, 3.8) is 0 Å². The van der Waals surface area contributed by atoms with Gasteiger partial charge in [-0.1, -0.05) is 65.0 Å². The Morgan fingerprint density at radius 2 is 1.58 bits per heavy atom. The number of carbonyl (C=O) groups excluding carboxylic acids is 5. The zero-order valence-corrected chi connectivity index (χ0v) is 44.1. The predicted octanol–water partition coefficient (Wildman–Crippen LogP) is 6.51. The molecule has 3 heterocycles. The lowest BCUT2D eigenvalue weighted by atomic mass is 9.82. The molecule has 0 aliphatic carbocycles. The van der Waals surface area contributed by atoms with E-state index in [-0.39, 0.29) is 29.6 Å². The maximum Gasteiger partial charge on any atom is 0.243 e. The van der Waals surface area contributed by atoms with Crippen molar-refractivity contribution in [2.24, 2.45) is 11.1 Å². The van der Waals surface area contributed by atoms with E-state index in [1.165, 1.54) is 18.5 Å². The van der Waals surface area contributed by atoms with Crippen LogP contribution in [0.1, 0.15) is 124 Å². The number of halogens is 2. The summed E-state index contributed by atoms with van der Waals surface area (Å²) in [5, 5.41) is 15.5. The summed E-state index contributed by atoms with van der Waals surface area (Å²) in [4.78, 5) is 72.3. The van der Waals surface area contributed by atoms with E-state index in [2.05, 4.69) is 60.2 Å². The van der Waals surface area contributed by atoms with Crippen LogP contribution < -0.4 is 42.1 Å². The number of likely N-dealkylation sites (N-methyl/N-ethyl adjacent to an activating group) is 2. The van der Waals surface area contributed by atoms with Crippen LogP contribution in [0.5, 0.6) is 0 Å². The molecule has 2 amide bonds. The van der Waals surface area contributed by atoms with Crippen molar-refractivity contribution < 1.29 is 32.8 Å². The fraction of sp³-hybridized carbons (Fsp3) is 0.574. The second kappa shape index (κ2) is 30.9. The molecule has 2 aliphatic rings. The fourth-order valence-corrected chi connectivity index (χ4v) is 9.22. The second-order valence-corrected chi connectivity index (χ2v) is 20.2. The number of carbonyl (C=O) groups is 5. The van der Waals surface area contributed by atoms with Crippen LogP contribution in [0.4, 0.5) is 31.8 Å². The number of piperidine rings is 2. The summed E-state index contributed by atoms with van der Waals surface area (Å²) in [5.41, 5.74) is 8.71. The van der Waals surface area contributed by atoms with Crippen LogP contribution in [0.15, 0.2) is 54.6 Å². The van der Waals surface area contributed by atoms with Crippen LogP contribution in [0.3, 0.4) is 0 Å². The summed E-state index contributed by atoms with van der Waals surface area (Å²) in [6.45, 7) is 12.2. The normalized spacial score (nSPS) is 15.8. The van der Waals surface area contributed by atoms with Gasteiger partial charge in [-0.25, -0.2) is 18.7 Å². The number of amides is 2. The minimum atomic E-state index is -0.520. The highest BCUT2D eigenvalue weighted by Gasteiger charge is 2.36. The molecule has 0 saturated carbocycles. The molecular formula is C54H82F2N12O5. The molecule has 0 radical (unpaired) electrons. The van der Waals surface area contributed by atoms with Gasteiger partial charge in [0.1, 0.15) is 35.9 Å². The number of aldehydes is 3. The maximum absolute atomic E-state index is 15.7. The van der Waals surface area contributed by atoms with Gasteiger partial charge in [0.15, 0.2) is 12.6 Å². The van der Waals surface area contributed by atoms with Crippen LogP contribution in [-0.4, -0.2) is 143 Å². The molecule has 402 valence electrons. The summed E-state index contributed by atoms with van der Waals surface area (Å²) < 4.78 is 31.2. The highest BCUT2D eigenvalue weighted by molar-refractivity contribution is 5.95. The van der Waals surface area contributed by atoms with Gasteiger partial charge in [0.05, 0.1) is 24.8 Å². The van der Waals surface area contributed by atoms with E-state index < -0.39 is 17.2 Å². The van der Waals surface area contributed by atoms with Gasteiger partial charge in [-0.15, -0.1) is 0 Å². The number of aromatic nitrogens is 2. The Bertz CT molecular complexity index is 2230. The monoisotopic (exact) mass is 1020 g/mol. The predicted molar refractivity (Wildman–Crippen MR) is 287 cm³/mol. The van der Waals surface area contributed by atoms with Gasteiger partial charge in [0.2, 0.25) is 12.3 Å². The van der Waals surface area contributed by atoms with Crippen molar-refractivity contribution in [3.8, 4) is 0 Å². The average Bonchev–Trinajstić information content (AvgIpc) is 3.38. The molecular weight excluding hydrogens is 935 g/mol. The Morgan fingerprint density at radius 3 is 2.21 bits per heavy atom. The van der Waals surface area contributed by atoms with E-state index in [1.807, 2.05) is 51.3 Å². The molecule has 1 aromatic heterocycles. The smallest absolute Gasteiger partial charge is 0.243 e. The van der Waals surface area contributed by atoms with Gasteiger partial charge in [-0.2, -0.15) is 0 Å². The van der Waals surface area contributed by atoms with E-state index in [4.69, 9.17) is 5.73 Å². The molecule has 17 nitrogen and oxygen atoms in total. The first kappa shape index (κ1) is 59.5. The average molecular weight is 1020 g/mol. The van der Waals surface area contributed by atoms with Crippen molar-refractivity contribution in [2.45, 2.75) is 116 Å². The Morgan fingerprint density at radius 1 is 0.877 bits per heavy atom. The van der Waals surface area contributed by atoms with Crippen LogP contribution in [0, 0.1) is 17.0 Å². The summed E-state index contributed by atoms with van der Waals surface area (Å²) in [6, 6.07) is 9.51. The van der Waals surface area contributed by atoms with Crippen molar-refractivity contribution >= 4 is 54.2 Å². The third-order valence-corrected chi connectivity index (χ3v) is 14.0. The topological polar surface area (TPSA) is 210 Å². The van der Waals surface area contributed by atoms with E-state index in [0.717, 1.165) is 109 Å². The van der Waals surface area contributed by atoms with E-state index in [9.17, 15) is 24.0 Å². The third-order valence-electron chi connectivity index (χ3n) is 14.0. The van der Waals surface area contributed by atoms with Gasteiger partial charge in [-0.05, 0) is 96.7 Å². The van der Waals surface area contributed by atoms with Crippen LogP contribution in [0.25, 0.3) is 0 Å². The molecule has 5 rings (SSSR count). The van der Waals surface area contributed by atoms with Gasteiger partial charge in [0, 0.05) is 91.2 Å². The van der Waals surface area contributed by atoms with Crippen LogP contribution >= 0.6 is 0 Å². The number of imide groups is 1. The fourth-order valence-electron chi connectivity index (χ4n) is 9.22. The largest absolute Gasteiger partial charge is 0.399 e. The first-order valence-corrected chi connectivity index (χ1v) is 25.9. The minimum absolute atomic E-state index is 0.0491. The van der Waals surface area contributed by atoms with Gasteiger partial charge in [0.25, 0.3) is 0 Å². The number of anilines is 4. The highest BCUT2D eigenvalue weighted by Crippen LogP contribution is 2.33. The number of hydrogen-bond acceptors (Lipinski definition) is 16. The number of nitrogens with one attached hydrogen (secondary N) is 5. The molecule has 0 bridgehead atoms. The van der Waals surface area contributed by atoms with Crippen LogP contribution in [0.2, 0.25) is 0 Å². The Balaban J connectivity index is 0.000000851. The van der Waals surface area contributed by atoms with E-state index >= 15 is 8.78 Å². The zero-order valence-electron chi connectivity index (χ0n) is 44.1. The summed E-state index contributed by atoms with van der Waals surface area (Å²) in [7, 11) is 5.53. The number of likely N-dealkylation sites (tertiary alicyclic amines) is 1. The molecule has 7 N–H and O–H groups in total. The Hall–Kier alpha value is -6.05. The zero-order chi connectivity index (χ0) is 53.2. The maximum atomic E-state index is 15.7. The van der Waals surface area contributed by atoms with Crippen molar-refractivity contribution in [1.82, 2.24) is 35.7 Å². The van der Waals surface area contributed by atoms with Crippen molar-refractivity contribution in [1.29, 1.82) is 0 Å². The lowest BCUT2D eigenvalue weighted by molar-refractivity contribution is -0.129. The first-order chi connectivity index (χ1) is 35.1. The molecule has 2 saturated heterocycles.